The number of nitrogens with zero attached hydrogens (tertiary/aromatic N) is 2. The van der Waals surface area contributed by atoms with Crippen LogP contribution < -0.4 is 4.90 Å². The molecule has 0 aliphatic heterocycles. The molecule has 0 aromatic heterocycles. The lowest BCUT2D eigenvalue weighted by Crippen LogP contribution is -2.26. The molecule has 78 valence electrons. The molecule has 0 atom stereocenters. The van der Waals surface area contributed by atoms with Gasteiger partial charge < -0.3 is 4.90 Å². The first-order valence-electron chi connectivity index (χ1n) is 5.62. The van der Waals surface area contributed by atoms with Crippen LogP contribution in [-0.2, 0) is 0 Å². The van der Waals surface area contributed by atoms with Crippen molar-refractivity contribution in [3.8, 4) is 6.07 Å². The standard InChI is InChI=1S/C13H16N2/c1-2-9-15(13-7-8-13)12-5-3-11(10-14)4-6-12/h3-6,13H,2,7-9H2,1H3. The highest BCUT2D eigenvalue weighted by Gasteiger charge is 2.28. The Labute approximate surface area is 91.1 Å². The molecular weight excluding hydrogens is 184 g/mol. The molecule has 0 N–H and O–H groups in total. The van der Waals surface area contributed by atoms with Crippen LogP contribution in [0.4, 0.5) is 5.69 Å². The summed E-state index contributed by atoms with van der Waals surface area (Å²) in [5.41, 5.74) is 2.00. The van der Waals surface area contributed by atoms with E-state index in [1.165, 1.54) is 24.9 Å². The molecule has 1 aliphatic carbocycles. The molecule has 1 aromatic carbocycles. The maximum Gasteiger partial charge on any atom is 0.0991 e. The zero-order valence-electron chi connectivity index (χ0n) is 9.11. The highest BCUT2D eigenvalue weighted by atomic mass is 15.2. The predicted octanol–water partition coefficient (Wildman–Crippen LogP) is 2.94. The summed E-state index contributed by atoms with van der Waals surface area (Å²) in [6.07, 6.45) is 3.82. The fourth-order valence-electron chi connectivity index (χ4n) is 1.88. The van der Waals surface area contributed by atoms with Crippen molar-refractivity contribution >= 4 is 5.69 Å². The van der Waals surface area contributed by atoms with Gasteiger partial charge in [-0.1, -0.05) is 6.92 Å². The molecule has 0 radical (unpaired) electrons. The Balaban J connectivity index is 2.15. The molecule has 0 amide bonds. The number of hydrogen-bond acceptors (Lipinski definition) is 2. The van der Waals surface area contributed by atoms with Crippen LogP contribution in [0.3, 0.4) is 0 Å². The van der Waals surface area contributed by atoms with E-state index in [0.717, 1.165) is 18.2 Å². The van der Waals surface area contributed by atoms with Crippen LogP contribution in [0.25, 0.3) is 0 Å². The minimum Gasteiger partial charge on any atom is -0.369 e. The van der Waals surface area contributed by atoms with Gasteiger partial charge in [0.05, 0.1) is 11.6 Å². The molecule has 0 bridgehead atoms. The Morgan fingerprint density at radius 1 is 1.33 bits per heavy atom. The van der Waals surface area contributed by atoms with Gasteiger partial charge in [0.2, 0.25) is 0 Å². The molecule has 0 unspecified atom stereocenters. The Hall–Kier alpha value is -1.49. The van der Waals surface area contributed by atoms with Crippen LogP contribution in [-0.4, -0.2) is 12.6 Å². The van der Waals surface area contributed by atoms with Crippen molar-refractivity contribution in [2.24, 2.45) is 0 Å². The highest BCUT2D eigenvalue weighted by Crippen LogP contribution is 2.31. The van der Waals surface area contributed by atoms with E-state index >= 15 is 0 Å². The molecule has 1 saturated carbocycles. The topological polar surface area (TPSA) is 27.0 Å². The molecule has 0 heterocycles. The van der Waals surface area contributed by atoms with E-state index in [2.05, 4.69) is 30.0 Å². The third-order valence-electron chi connectivity index (χ3n) is 2.78. The number of anilines is 1. The first-order valence-corrected chi connectivity index (χ1v) is 5.62. The first-order chi connectivity index (χ1) is 7.35. The lowest BCUT2D eigenvalue weighted by atomic mass is 10.2. The number of rotatable bonds is 4. The van der Waals surface area contributed by atoms with E-state index in [0.29, 0.717) is 0 Å². The molecule has 1 fully saturated rings. The van der Waals surface area contributed by atoms with Crippen LogP contribution >= 0.6 is 0 Å². The summed E-state index contributed by atoms with van der Waals surface area (Å²) < 4.78 is 0. The van der Waals surface area contributed by atoms with Crippen molar-refractivity contribution in [3.05, 3.63) is 29.8 Å². The van der Waals surface area contributed by atoms with Crippen LogP contribution in [0.5, 0.6) is 0 Å². The van der Waals surface area contributed by atoms with Gasteiger partial charge in [-0.05, 0) is 43.5 Å². The van der Waals surface area contributed by atoms with Gasteiger partial charge in [-0.3, -0.25) is 0 Å². The number of benzene rings is 1. The molecule has 2 nitrogen and oxygen atoms in total. The maximum absolute atomic E-state index is 8.73. The highest BCUT2D eigenvalue weighted by molar-refractivity contribution is 5.51. The zero-order chi connectivity index (χ0) is 10.7. The summed E-state index contributed by atoms with van der Waals surface area (Å²) in [6.45, 7) is 3.33. The second kappa shape index (κ2) is 4.35. The Morgan fingerprint density at radius 2 is 2.00 bits per heavy atom. The molecule has 0 spiro atoms. The SMILES string of the molecule is CCCN(c1ccc(C#N)cc1)C1CC1. The molecule has 15 heavy (non-hydrogen) atoms. The average Bonchev–Trinajstić information content (AvgIpc) is 3.10. The number of nitriles is 1. The zero-order valence-corrected chi connectivity index (χ0v) is 9.11. The van der Waals surface area contributed by atoms with Gasteiger partial charge in [-0.15, -0.1) is 0 Å². The van der Waals surface area contributed by atoms with Gasteiger partial charge >= 0.3 is 0 Å². The van der Waals surface area contributed by atoms with Gasteiger partial charge in [0.25, 0.3) is 0 Å². The summed E-state index contributed by atoms with van der Waals surface area (Å²) in [4.78, 5) is 2.46. The van der Waals surface area contributed by atoms with E-state index in [1.807, 2.05) is 12.1 Å². The Morgan fingerprint density at radius 3 is 2.47 bits per heavy atom. The molecular formula is C13H16N2. The summed E-state index contributed by atoms with van der Waals surface area (Å²) in [5.74, 6) is 0. The summed E-state index contributed by atoms with van der Waals surface area (Å²) in [6, 6.07) is 10.8. The van der Waals surface area contributed by atoms with Crippen LogP contribution in [0, 0.1) is 11.3 Å². The monoisotopic (exact) mass is 200 g/mol. The number of hydrogen-bond donors (Lipinski definition) is 0. The third kappa shape index (κ3) is 2.30. The van der Waals surface area contributed by atoms with E-state index in [9.17, 15) is 0 Å². The van der Waals surface area contributed by atoms with E-state index < -0.39 is 0 Å². The van der Waals surface area contributed by atoms with Crippen molar-refractivity contribution < 1.29 is 0 Å². The first kappa shape index (κ1) is 10.0. The molecule has 1 aromatic rings. The van der Waals surface area contributed by atoms with Gasteiger partial charge in [-0.25, -0.2) is 0 Å². The fourth-order valence-corrected chi connectivity index (χ4v) is 1.88. The van der Waals surface area contributed by atoms with E-state index in [4.69, 9.17) is 5.26 Å². The molecule has 1 aliphatic rings. The minimum atomic E-state index is 0.742. The second-order valence-electron chi connectivity index (χ2n) is 4.08. The Kier molecular flexibility index (Phi) is 2.91. The van der Waals surface area contributed by atoms with Crippen LogP contribution in [0.1, 0.15) is 31.7 Å². The van der Waals surface area contributed by atoms with E-state index in [1.54, 1.807) is 0 Å². The predicted molar refractivity (Wildman–Crippen MR) is 61.8 cm³/mol. The molecule has 0 saturated heterocycles. The second-order valence-corrected chi connectivity index (χ2v) is 4.08. The fraction of sp³-hybridized carbons (Fsp3) is 0.462. The Bertz CT molecular complexity index is 357. The van der Waals surface area contributed by atoms with Gasteiger partial charge in [0.15, 0.2) is 0 Å². The maximum atomic E-state index is 8.73. The van der Waals surface area contributed by atoms with Crippen LogP contribution in [0.15, 0.2) is 24.3 Å². The van der Waals surface area contributed by atoms with E-state index in [-0.39, 0.29) is 0 Å². The summed E-state index contributed by atoms with van der Waals surface area (Å²) in [7, 11) is 0. The largest absolute Gasteiger partial charge is 0.369 e. The van der Waals surface area contributed by atoms with Crippen molar-refractivity contribution in [1.29, 1.82) is 5.26 Å². The third-order valence-corrected chi connectivity index (χ3v) is 2.78. The summed E-state index contributed by atoms with van der Waals surface area (Å²) >= 11 is 0. The van der Waals surface area contributed by atoms with Gasteiger partial charge in [-0.2, -0.15) is 5.26 Å². The van der Waals surface area contributed by atoms with Crippen molar-refractivity contribution in [1.82, 2.24) is 0 Å². The van der Waals surface area contributed by atoms with Crippen molar-refractivity contribution in [2.45, 2.75) is 32.2 Å². The van der Waals surface area contributed by atoms with Gasteiger partial charge in [0.1, 0.15) is 0 Å². The normalized spacial score (nSPS) is 14.7. The van der Waals surface area contributed by atoms with Gasteiger partial charge in [0, 0.05) is 18.3 Å². The van der Waals surface area contributed by atoms with Crippen LogP contribution in [0.2, 0.25) is 0 Å². The lowest BCUT2D eigenvalue weighted by molar-refractivity contribution is 0.763. The van der Waals surface area contributed by atoms with Crippen molar-refractivity contribution in [3.63, 3.8) is 0 Å². The quantitative estimate of drug-likeness (QED) is 0.747. The lowest BCUT2D eigenvalue weighted by Gasteiger charge is -2.24. The smallest absolute Gasteiger partial charge is 0.0991 e. The summed E-state index contributed by atoms with van der Waals surface area (Å²) in [5, 5.41) is 8.73. The molecule has 2 rings (SSSR count). The average molecular weight is 200 g/mol. The minimum absolute atomic E-state index is 0.742. The van der Waals surface area contributed by atoms with Crippen molar-refractivity contribution in [2.75, 3.05) is 11.4 Å². The molecule has 2 heteroatoms.